The van der Waals surface area contributed by atoms with Crippen LogP contribution in [0.15, 0.2) is 47.4 Å². The molecule has 0 aliphatic heterocycles. The van der Waals surface area contributed by atoms with Crippen molar-refractivity contribution in [3.8, 4) is 0 Å². The fraction of sp³-hybridized carbons (Fsp3) is 0. The molecule has 1 N–H and O–H groups in total. The number of anilines is 1. The van der Waals surface area contributed by atoms with E-state index in [0.717, 1.165) is 12.1 Å². The van der Waals surface area contributed by atoms with Crippen LogP contribution in [-0.2, 0) is 10.0 Å². The van der Waals surface area contributed by atoms with Gasteiger partial charge in [-0.15, -0.1) is 0 Å². The van der Waals surface area contributed by atoms with Crippen LogP contribution in [0, 0.1) is 5.82 Å². The summed E-state index contributed by atoms with van der Waals surface area (Å²) in [7, 11) is -3.94. The summed E-state index contributed by atoms with van der Waals surface area (Å²) >= 11 is 11.7. The first kappa shape index (κ1) is 14.1. The van der Waals surface area contributed by atoms with Crippen molar-refractivity contribution in [2.75, 3.05) is 4.72 Å². The summed E-state index contributed by atoms with van der Waals surface area (Å²) in [6.45, 7) is 0. The first-order chi connectivity index (χ1) is 8.90. The van der Waals surface area contributed by atoms with Crippen LogP contribution >= 0.6 is 23.2 Å². The van der Waals surface area contributed by atoms with Crippen molar-refractivity contribution >= 4 is 38.9 Å². The Labute approximate surface area is 120 Å². The molecule has 0 spiro atoms. The first-order valence-corrected chi connectivity index (χ1v) is 7.36. The Bertz CT molecular complexity index is 699. The van der Waals surface area contributed by atoms with Crippen LogP contribution in [0.5, 0.6) is 0 Å². The van der Waals surface area contributed by atoms with Gasteiger partial charge in [0.1, 0.15) is 5.82 Å². The lowest BCUT2D eigenvalue weighted by Crippen LogP contribution is -2.13. The Balaban J connectivity index is 2.42. The van der Waals surface area contributed by atoms with Crippen molar-refractivity contribution in [2.45, 2.75) is 4.90 Å². The number of hydrogen-bond donors (Lipinski definition) is 1. The largest absolute Gasteiger partial charge is 0.277 e. The molecule has 0 heterocycles. The zero-order chi connectivity index (χ0) is 14.0. The van der Waals surface area contributed by atoms with Gasteiger partial charge < -0.3 is 0 Å². The molecule has 0 aromatic heterocycles. The molecule has 0 saturated heterocycles. The molecule has 0 bridgehead atoms. The zero-order valence-corrected chi connectivity index (χ0v) is 11.7. The van der Waals surface area contributed by atoms with Gasteiger partial charge in [-0.1, -0.05) is 35.3 Å². The smallest absolute Gasteiger partial charge is 0.262 e. The molecule has 0 aliphatic rings. The Morgan fingerprint density at radius 1 is 1.00 bits per heavy atom. The minimum atomic E-state index is -3.94. The van der Waals surface area contributed by atoms with E-state index >= 15 is 0 Å². The van der Waals surface area contributed by atoms with Crippen LogP contribution in [-0.4, -0.2) is 8.42 Å². The predicted molar refractivity (Wildman–Crippen MR) is 73.7 cm³/mol. The standard InChI is InChI=1S/C12H8Cl2FNO2S/c13-10-5-2-6-11(14)12(10)16-19(17,18)9-4-1-3-8(15)7-9/h1-7,16H. The molecule has 0 radical (unpaired) electrons. The molecule has 0 atom stereocenters. The minimum Gasteiger partial charge on any atom is -0.277 e. The van der Waals surface area contributed by atoms with Crippen LogP contribution in [0.4, 0.5) is 10.1 Å². The van der Waals surface area contributed by atoms with Crippen molar-refractivity contribution in [2.24, 2.45) is 0 Å². The molecule has 2 aromatic rings. The van der Waals surface area contributed by atoms with E-state index in [9.17, 15) is 12.8 Å². The van der Waals surface area contributed by atoms with E-state index < -0.39 is 15.8 Å². The highest BCUT2D eigenvalue weighted by atomic mass is 35.5. The summed E-state index contributed by atoms with van der Waals surface area (Å²) in [5.41, 5.74) is 0.0649. The van der Waals surface area contributed by atoms with Crippen LogP contribution in [0.1, 0.15) is 0 Å². The van der Waals surface area contributed by atoms with Gasteiger partial charge in [-0.3, -0.25) is 4.72 Å². The third-order valence-corrected chi connectivity index (χ3v) is 4.28. The molecule has 0 amide bonds. The Morgan fingerprint density at radius 2 is 1.58 bits per heavy atom. The van der Waals surface area contributed by atoms with E-state index in [4.69, 9.17) is 23.2 Å². The molecule has 100 valence electrons. The average molecular weight is 320 g/mol. The molecule has 2 aromatic carbocycles. The maximum absolute atomic E-state index is 13.1. The van der Waals surface area contributed by atoms with Crippen molar-refractivity contribution in [3.05, 3.63) is 58.3 Å². The van der Waals surface area contributed by atoms with E-state index in [1.807, 2.05) is 0 Å². The fourth-order valence-corrected chi connectivity index (χ4v) is 3.16. The summed E-state index contributed by atoms with van der Waals surface area (Å²) in [5.74, 6) is -0.645. The predicted octanol–water partition coefficient (Wildman–Crippen LogP) is 3.93. The van der Waals surface area contributed by atoms with E-state index in [1.165, 1.54) is 24.3 Å². The molecule has 7 heteroatoms. The molecule has 0 fully saturated rings. The van der Waals surface area contributed by atoms with E-state index in [0.29, 0.717) is 0 Å². The summed E-state index contributed by atoms with van der Waals surface area (Å²) in [5, 5.41) is 0.319. The van der Waals surface area contributed by atoms with Crippen LogP contribution < -0.4 is 4.72 Å². The van der Waals surface area contributed by atoms with E-state index in [2.05, 4.69) is 4.72 Å². The number of benzene rings is 2. The molecule has 3 nitrogen and oxygen atoms in total. The lowest BCUT2D eigenvalue weighted by Gasteiger charge is -2.11. The van der Waals surface area contributed by atoms with Gasteiger partial charge in [-0.05, 0) is 30.3 Å². The van der Waals surface area contributed by atoms with Crippen molar-refractivity contribution in [3.63, 3.8) is 0 Å². The summed E-state index contributed by atoms with van der Waals surface area (Å²) in [6, 6.07) is 9.22. The van der Waals surface area contributed by atoms with E-state index in [1.54, 1.807) is 6.07 Å². The number of para-hydroxylation sites is 1. The third-order valence-electron chi connectivity index (χ3n) is 2.31. The topological polar surface area (TPSA) is 46.2 Å². The number of halogens is 3. The maximum atomic E-state index is 13.1. The van der Waals surface area contributed by atoms with Crippen molar-refractivity contribution < 1.29 is 12.8 Å². The molecular weight excluding hydrogens is 312 g/mol. The minimum absolute atomic E-state index is 0.0649. The van der Waals surface area contributed by atoms with Crippen LogP contribution in [0.25, 0.3) is 0 Å². The molecule has 0 saturated carbocycles. The highest BCUT2D eigenvalue weighted by Crippen LogP contribution is 2.31. The molecule has 0 unspecified atom stereocenters. The van der Waals surface area contributed by atoms with Crippen molar-refractivity contribution in [1.29, 1.82) is 0 Å². The van der Waals surface area contributed by atoms with Crippen LogP contribution in [0.3, 0.4) is 0 Å². The number of rotatable bonds is 3. The number of sulfonamides is 1. The van der Waals surface area contributed by atoms with Gasteiger partial charge >= 0.3 is 0 Å². The Morgan fingerprint density at radius 3 is 2.16 bits per heavy atom. The zero-order valence-electron chi connectivity index (χ0n) is 9.40. The summed E-state index contributed by atoms with van der Waals surface area (Å²) in [6.07, 6.45) is 0. The third kappa shape index (κ3) is 3.18. The second-order valence-corrected chi connectivity index (χ2v) is 6.16. The summed E-state index contributed by atoms with van der Waals surface area (Å²) < 4.78 is 39.4. The lowest BCUT2D eigenvalue weighted by molar-refractivity contribution is 0.595. The maximum Gasteiger partial charge on any atom is 0.262 e. The summed E-state index contributed by atoms with van der Waals surface area (Å²) in [4.78, 5) is -0.205. The van der Waals surface area contributed by atoms with E-state index in [-0.39, 0.29) is 20.6 Å². The molecule has 19 heavy (non-hydrogen) atoms. The van der Waals surface area contributed by atoms with Crippen molar-refractivity contribution in [1.82, 2.24) is 0 Å². The van der Waals surface area contributed by atoms with Gasteiger partial charge in [0.15, 0.2) is 0 Å². The lowest BCUT2D eigenvalue weighted by atomic mass is 10.3. The van der Waals surface area contributed by atoms with Gasteiger partial charge in [0.05, 0.1) is 20.6 Å². The highest BCUT2D eigenvalue weighted by Gasteiger charge is 2.18. The molecular formula is C12H8Cl2FNO2S. The van der Waals surface area contributed by atoms with Gasteiger partial charge in [0, 0.05) is 0 Å². The molecule has 0 aliphatic carbocycles. The van der Waals surface area contributed by atoms with Gasteiger partial charge in [-0.2, -0.15) is 0 Å². The van der Waals surface area contributed by atoms with Crippen LogP contribution in [0.2, 0.25) is 10.0 Å². The SMILES string of the molecule is O=S(=O)(Nc1c(Cl)cccc1Cl)c1cccc(F)c1. The quantitative estimate of drug-likeness (QED) is 0.931. The average Bonchev–Trinajstić information content (AvgIpc) is 2.34. The number of hydrogen-bond acceptors (Lipinski definition) is 2. The monoisotopic (exact) mass is 319 g/mol. The normalized spacial score (nSPS) is 11.3. The number of nitrogens with one attached hydrogen (secondary N) is 1. The highest BCUT2D eigenvalue weighted by molar-refractivity contribution is 7.92. The van der Waals surface area contributed by atoms with Gasteiger partial charge in [0.25, 0.3) is 10.0 Å². The second kappa shape index (κ2) is 5.36. The fourth-order valence-electron chi connectivity index (χ4n) is 1.42. The van der Waals surface area contributed by atoms with Gasteiger partial charge in [0.2, 0.25) is 0 Å². The Kier molecular flexibility index (Phi) is 3.99. The Hall–Kier alpha value is -1.30. The molecule has 2 rings (SSSR count). The second-order valence-electron chi connectivity index (χ2n) is 3.66. The first-order valence-electron chi connectivity index (χ1n) is 5.12. The van der Waals surface area contributed by atoms with Gasteiger partial charge in [-0.25, -0.2) is 12.8 Å².